The molecule has 0 fully saturated rings. The van der Waals surface area contributed by atoms with Gasteiger partial charge in [-0.1, -0.05) is 44.2 Å². The van der Waals surface area contributed by atoms with Crippen molar-refractivity contribution in [2.24, 2.45) is 5.92 Å². The smallest absolute Gasteiger partial charge is 0.321 e. The number of carbonyl (C=O) groups is 2. The van der Waals surface area contributed by atoms with E-state index in [-0.39, 0.29) is 5.91 Å². The normalized spacial score (nSPS) is 12.0. The number of nitrogens with one attached hydrogen (secondary N) is 3. The number of rotatable bonds is 7. The first-order chi connectivity index (χ1) is 10.0. The molecule has 0 aliphatic carbocycles. The van der Waals surface area contributed by atoms with E-state index in [0.717, 1.165) is 18.0 Å². The molecular weight excluding hydrogens is 266 g/mol. The molecule has 0 aliphatic rings. The van der Waals surface area contributed by atoms with Gasteiger partial charge in [0, 0.05) is 12.1 Å². The van der Waals surface area contributed by atoms with Gasteiger partial charge in [0.2, 0.25) is 0 Å². The number of imide groups is 1. The number of carbonyl (C=O) groups excluding carboxylic acids is 2. The van der Waals surface area contributed by atoms with Gasteiger partial charge in [0.1, 0.15) is 6.54 Å². The van der Waals surface area contributed by atoms with Crippen LogP contribution in [0.5, 0.6) is 0 Å². The van der Waals surface area contributed by atoms with Crippen molar-refractivity contribution in [3.8, 4) is 0 Å². The van der Waals surface area contributed by atoms with E-state index in [1.807, 2.05) is 51.1 Å². The molecule has 1 atom stereocenters. The van der Waals surface area contributed by atoms with E-state index < -0.39 is 6.03 Å². The van der Waals surface area contributed by atoms with Gasteiger partial charge in [-0.25, -0.2) is 4.79 Å². The summed E-state index contributed by atoms with van der Waals surface area (Å²) < 4.78 is 0. The molecule has 0 saturated heterocycles. The average Bonchev–Trinajstić information content (AvgIpc) is 2.45. The van der Waals surface area contributed by atoms with Crippen molar-refractivity contribution in [2.75, 3.05) is 19.6 Å². The Bertz CT molecular complexity index is 446. The first-order valence-corrected chi connectivity index (χ1v) is 7.46. The fourth-order valence-electron chi connectivity index (χ4n) is 1.94. The van der Waals surface area contributed by atoms with Gasteiger partial charge in [0.15, 0.2) is 6.54 Å². The maximum Gasteiger partial charge on any atom is 0.321 e. The van der Waals surface area contributed by atoms with Crippen molar-refractivity contribution in [1.29, 1.82) is 0 Å². The van der Waals surface area contributed by atoms with E-state index in [1.54, 1.807) is 0 Å². The summed E-state index contributed by atoms with van der Waals surface area (Å²) in [7, 11) is 0. The molecule has 0 radical (unpaired) electrons. The van der Waals surface area contributed by atoms with Crippen molar-refractivity contribution in [3.05, 3.63) is 35.9 Å². The fourth-order valence-corrected chi connectivity index (χ4v) is 1.94. The quantitative estimate of drug-likeness (QED) is 0.688. The fraction of sp³-hybridized carbons (Fsp3) is 0.500. The van der Waals surface area contributed by atoms with E-state index in [4.69, 9.17) is 0 Å². The molecule has 1 aromatic rings. The minimum Gasteiger partial charge on any atom is -0.338 e. The lowest BCUT2D eigenvalue weighted by atomic mass is 10.2. The summed E-state index contributed by atoms with van der Waals surface area (Å²) in [6.45, 7) is 8.50. The molecule has 0 saturated carbocycles. The molecule has 0 aromatic heterocycles. The van der Waals surface area contributed by atoms with Gasteiger partial charge >= 0.3 is 6.03 Å². The minimum absolute atomic E-state index is 0.246. The standard InChI is InChI=1S/C16H25N3O2/c1-4-19(11-14-8-6-5-7-9-14)12-15(20)18-16(21)17-10-13(2)3/h5-9,13H,4,10-12H2,1-3H3,(H2,17,18,20,21)/p+1. The van der Waals surface area contributed by atoms with Crippen molar-refractivity contribution in [3.63, 3.8) is 0 Å². The van der Waals surface area contributed by atoms with Crippen molar-refractivity contribution in [2.45, 2.75) is 27.3 Å². The lowest BCUT2D eigenvalue weighted by Crippen LogP contribution is -3.11. The van der Waals surface area contributed by atoms with Crippen LogP contribution in [0, 0.1) is 5.92 Å². The highest BCUT2D eigenvalue weighted by atomic mass is 16.2. The molecule has 0 spiro atoms. The molecule has 1 unspecified atom stereocenters. The second-order valence-corrected chi connectivity index (χ2v) is 5.59. The van der Waals surface area contributed by atoms with Crippen LogP contribution in [-0.4, -0.2) is 31.6 Å². The maximum absolute atomic E-state index is 11.9. The Balaban J connectivity index is 2.38. The van der Waals surface area contributed by atoms with Gasteiger partial charge in [-0.2, -0.15) is 0 Å². The largest absolute Gasteiger partial charge is 0.338 e. The molecular formula is C16H26N3O2+. The predicted octanol–water partition coefficient (Wildman–Crippen LogP) is 0.573. The summed E-state index contributed by atoms with van der Waals surface area (Å²) in [6.07, 6.45) is 0. The Morgan fingerprint density at radius 3 is 2.43 bits per heavy atom. The number of hydrogen-bond donors (Lipinski definition) is 3. The second kappa shape index (κ2) is 9.13. The van der Waals surface area contributed by atoms with Crippen LogP contribution in [-0.2, 0) is 11.3 Å². The van der Waals surface area contributed by atoms with E-state index in [2.05, 4.69) is 10.6 Å². The summed E-state index contributed by atoms with van der Waals surface area (Å²) in [4.78, 5) is 24.5. The first-order valence-electron chi connectivity index (χ1n) is 7.46. The number of urea groups is 1. The van der Waals surface area contributed by atoms with E-state index >= 15 is 0 Å². The summed E-state index contributed by atoms with van der Waals surface area (Å²) >= 11 is 0. The SMILES string of the molecule is CC[NH+](CC(=O)NC(=O)NCC(C)C)Cc1ccccc1. The van der Waals surface area contributed by atoms with Gasteiger partial charge in [-0.15, -0.1) is 0 Å². The Kier molecular flexibility index (Phi) is 7.46. The molecule has 21 heavy (non-hydrogen) atoms. The molecule has 0 aliphatic heterocycles. The van der Waals surface area contributed by atoms with Gasteiger partial charge in [0.05, 0.1) is 6.54 Å². The number of hydrogen-bond acceptors (Lipinski definition) is 2. The van der Waals surface area contributed by atoms with Gasteiger partial charge in [-0.05, 0) is 12.8 Å². The highest BCUT2D eigenvalue weighted by molar-refractivity contribution is 5.94. The zero-order chi connectivity index (χ0) is 15.7. The molecule has 3 N–H and O–H groups in total. The van der Waals surface area contributed by atoms with Crippen molar-refractivity contribution < 1.29 is 14.5 Å². The molecule has 0 heterocycles. The Hall–Kier alpha value is -1.88. The zero-order valence-electron chi connectivity index (χ0n) is 13.1. The number of likely N-dealkylation sites (N-methyl/N-ethyl adjacent to an activating group) is 1. The molecule has 1 rings (SSSR count). The summed E-state index contributed by atoms with van der Waals surface area (Å²) in [6, 6.07) is 9.63. The maximum atomic E-state index is 11.9. The summed E-state index contributed by atoms with van der Waals surface area (Å²) in [5.74, 6) is 0.116. The molecule has 1 aromatic carbocycles. The van der Waals surface area contributed by atoms with Crippen molar-refractivity contribution >= 4 is 11.9 Å². The molecule has 0 bridgehead atoms. The zero-order valence-corrected chi connectivity index (χ0v) is 13.1. The van der Waals surface area contributed by atoms with Gasteiger partial charge in [-0.3, -0.25) is 10.1 Å². The van der Waals surface area contributed by atoms with Crippen LogP contribution in [0.2, 0.25) is 0 Å². The van der Waals surface area contributed by atoms with E-state index in [9.17, 15) is 9.59 Å². The Morgan fingerprint density at radius 1 is 1.19 bits per heavy atom. The van der Waals surface area contributed by atoms with Crippen LogP contribution in [0.1, 0.15) is 26.3 Å². The minimum atomic E-state index is -0.413. The number of amides is 3. The van der Waals surface area contributed by atoms with Crippen molar-refractivity contribution in [1.82, 2.24) is 10.6 Å². The third-order valence-electron chi connectivity index (χ3n) is 3.13. The molecule has 5 heteroatoms. The molecule has 116 valence electrons. The lowest BCUT2D eigenvalue weighted by molar-refractivity contribution is -0.904. The van der Waals surface area contributed by atoms with Crippen LogP contribution >= 0.6 is 0 Å². The number of quaternary nitrogens is 1. The van der Waals surface area contributed by atoms with Crippen LogP contribution < -0.4 is 15.5 Å². The summed E-state index contributed by atoms with van der Waals surface area (Å²) in [5, 5.41) is 5.05. The van der Waals surface area contributed by atoms with Crippen LogP contribution in [0.15, 0.2) is 30.3 Å². The Morgan fingerprint density at radius 2 is 1.86 bits per heavy atom. The van der Waals surface area contributed by atoms with E-state index in [0.29, 0.717) is 19.0 Å². The second-order valence-electron chi connectivity index (χ2n) is 5.59. The third-order valence-corrected chi connectivity index (χ3v) is 3.13. The Labute approximate surface area is 126 Å². The van der Waals surface area contributed by atoms with Crippen LogP contribution in [0.4, 0.5) is 4.79 Å². The van der Waals surface area contributed by atoms with Crippen LogP contribution in [0.3, 0.4) is 0 Å². The first kappa shape index (κ1) is 17.2. The highest BCUT2D eigenvalue weighted by Gasteiger charge is 2.15. The topological polar surface area (TPSA) is 62.6 Å². The summed E-state index contributed by atoms with van der Waals surface area (Å²) in [5.41, 5.74) is 1.19. The highest BCUT2D eigenvalue weighted by Crippen LogP contribution is 1.95. The monoisotopic (exact) mass is 292 g/mol. The predicted molar refractivity (Wildman–Crippen MR) is 82.9 cm³/mol. The van der Waals surface area contributed by atoms with Gasteiger partial charge < -0.3 is 10.2 Å². The van der Waals surface area contributed by atoms with Gasteiger partial charge in [0.25, 0.3) is 5.91 Å². The number of benzene rings is 1. The van der Waals surface area contributed by atoms with E-state index in [1.165, 1.54) is 5.56 Å². The average molecular weight is 292 g/mol. The molecule has 3 amide bonds. The lowest BCUT2D eigenvalue weighted by Gasteiger charge is -2.17. The third kappa shape index (κ3) is 7.46. The molecule has 5 nitrogen and oxygen atoms in total. The van der Waals surface area contributed by atoms with Crippen LogP contribution in [0.25, 0.3) is 0 Å².